The van der Waals surface area contributed by atoms with Crippen molar-refractivity contribution in [1.82, 2.24) is 0 Å². The normalized spacial score (nSPS) is 13.5. The van der Waals surface area contributed by atoms with E-state index in [-0.39, 0.29) is 38.6 Å². The van der Waals surface area contributed by atoms with Gasteiger partial charge in [0.1, 0.15) is 6.61 Å². The molecule has 0 aromatic rings. The van der Waals surface area contributed by atoms with Crippen LogP contribution in [0, 0.1) is 0 Å². The molecule has 290 valence electrons. The van der Waals surface area contributed by atoms with Gasteiger partial charge >= 0.3 is 19.8 Å². The number of carbonyl (C=O) groups is 2. The summed E-state index contributed by atoms with van der Waals surface area (Å²) in [4.78, 5) is 34.7. The maximum atomic E-state index is 12.5. The minimum absolute atomic E-state index is 0.0546. The van der Waals surface area contributed by atoms with Crippen molar-refractivity contribution in [2.24, 2.45) is 5.73 Å². The lowest BCUT2D eigenvalue weighted by Gasteiger charge is -2.19. The van der Waals surface area contributed by atoms with E-state index in [0.717, 1.165) is 51.4 Å². The quantitative estimate of drug-likeness (QED) is 0.0277. The Bertz CT molecular complexity index is 825. The van der Waals surface area contributed by atoms with Crippen LogP contribution in [0.5, 0.6) is 0 Å². The predicted octanol–water partition coefficient (Wildman–Crippen LogP) is 11.1. The number of hydrogen-bond donors (Lipinski definition) is 2. The Kier molecular flexibility index (Phi) is 35.6. The highest BCUT2D eigenvalue weighted by Gasteiger charge is 2.26. The van der Waals surface area contributed by atoms with Crippen molar-refractivity contribution >= 4 is 19.8 Å². The zero-order valence-corrected chi connectivity index (χ0v) is 32.6. The van der Waals surface area contributed by atoms with Gasteiger partial charge in [-0.25, -0.2) is 4.57 Å². The monoisotopic (exact) mass is 718 g/mol. The van der Waals surface area contributed by atoms with E-state index >= 15 is 0 Å². The Morgan fingerprint density at radius 3 is 1.47 bits per heavy atom. The number of hydrogen-bond acceptors (Lipinski definition) is 8. The minimum atomic E-state index is -4.37. The van der Waals surface area contributed by atoms with Gasteiger partial charge in [-0.3, -0.25) is 18.6 Å². The zero-order chi connectivity index (χ0) is 36.1. The van der Waals surface area contributed by atoms with Crippen molar-refractivity contribution in [3.63, 3.8) is 0 Å². The summed E-state index contributed by atoms with van der Waals surface area (Å²) in [6, 6.07) is 0. The second-order valence-electron chi connectivity index (χ2n) is 13.5. The molecule has 0 radical (unpaired) electrons. The highest BCUT2D eigenvalue weighted by atomic mass is 31.2. The molecule has 0 bridgehead atoms. The SMILES string of the molecule is CCCCCC/C=C\CCCCCCCC(=O)OC(COC(=O)CCCCCCCCCCCCCCCCC)COP(=O)(O)OCCN. The summed E-state index contributed by atoms with van der Waals surface area (Å²) in [5.74, 6) is -0.831. The third-order valence-electron chi connectivity index (χ3n) is 8.65. The summed E-state index contributed by atoms with van der Waals surface area (Å²) >= 11 is 0. The number of ether oxygens (including phenoxy) is 2. The molecule has 0 amide bonds. The van der Waals surface area contributed by atoms with E-state index in [2.05, 4.69) is 26.0 Å². The molecule has 0 saturated carbocycles. The van der Waals surface area contributed by atoms with Crippen LogP contribution in [0.3, 0.4) is 0 Å². The molecule has 2 unspecified atom stereocenters. The zero-order valence-electron chi connectivity index (χ0n) is 31.7. The summed E-state index contributed by atoms with van der Waals surface area (Å²) in [5, 5.41) is 0. The molecule has 0 aliphatic carbocycles. The first-order valence-electron chi connectivity index (χ1n) is 20.2. The van der Waals surface area contributed by atoms with E-state index in [1.807, 2.05) is 0 Å². The van der Waals surface area contributed by atoms with Crippen molar-refractivity contribution in [3.05, 3.63) is 12.2 Å². The van der Waals surface area contributed by atoms with Crippen LogP contribution in [0.15, 0.2) is 12.2 Å². The van der Waals surface area contributed by atoms with Gasteiger partial charge in [0.25, 0.3) is 0 Å². The molecule has 2 atom stereocenters. The average molecular weight is 718 g/mol. The molecule has 0 rings (SSSR count). The fourth-order valence-corrected chi connectivity index (χ4v) is 6.39. The second-order valence-corrected chi connectivity index (χ2v) is 15.0. The van der Waals surface area contributed by atoms with Crippen LogP contribution in [-0.4, -0.2) is 49.3 Å². The summed E-state index contributed by atoms with van der Waals surface area (Å²) in [7, 11) is -4.37. The number of esters is 2. The smallest absolute Gasteiger partial charge is 0.462 e. The van der Waals surface area contributed by atoms with E-state index in [1.165, 1.54) is 109 Å². The topological polar surface area (TPSA) is 134 Å². The predicted molar refractivity (Wildman–Crippen MR) is 201 cm³/mol. The molecule has 0 aliphatic heterocycles. The van der Waals surface area contributed by atoms with Gasteiger partial charge in [0.2, 0.25) is 0 Å². The summed E-state index contributed by atoms with van der Waals surface area (Å²) in [5.41, 5.74) is 5.33. The number of nitrogens with two attached hydrogens (primary N) is 1. The molecule has 0 heterocycles. The third kappa shape index (κ3) is 36.3. The lowest BCUT2D eigenvalue weighted by Crippen LogP contribution is -2.29. The fraction of sp³-hybridized carbons (Fsp3) is 0.897. The lowest BCUT2D eigenvalue weighted by molar-refractivity contribution is -0.161. The minimum Gasteiger partial charge on any atom is -0.462 e. The number of rotatable bonds is 38. The number of carbonyl (C=O) groups excluding carboxylic acids is 2. The van der Waals surface area contributed by atoms with Crippen LogP contribution < -0.4 is 5.73 Å². The summed E-state index contributed by atoms with van der Waals surface area (Å²) in [6.07, 6.45) is 35.2. The molecule has 0 spiro atoms. The van der Waals surface area contributed by atoms with Crippen molar-refractivity contribution in [2.45, 2.75) is 200 Å². The number of phosphoric ester groups is 1. The van der Waals surface area contributed by atoms with E-state index in [0.29, 0.717) is 6.42 Å². The van der Waals surface area contributed by atoms with Crippen LogP contribution in [0.4, 0.5) is 0 Å². The molecule has 0 aromatic heterocycles. The Balaban J connectivity index is 4.17. The molecular formula is C39H76NO8P. The Hall–Kier alpha value is -1.25. The van der Waals surface area contributed by atoms with E-state index in [9.17, 15) is 19.0 Å². The van der Waals surface area contributed by atoms with E-state index < -0.39 is 26.5 Å². The first kappa shape index (κ1) is 47.8. The number of allylic oxidation sites excluding steroid dienone is 2. The van der Waals surface area contributed by atoms with E-state index in [4.69, 9.17) is 24.3 Å². The molecule has 0 aliphatic rings. The van der Waals surface area contributed by atoms with Gasteiger partial charge in [-0.1, -0.05) is 154 Å². The lowest BCUT2D eigenvalue weighted by atomic mass is 10.0. The average Bonchev–Trinajstić information content (AvgIpc) is 3.08. The highest BCUT2D eigenvalue weighted by molar-refractivity contribution is 7.47. The van der Waals surface area contributed by atoms with Gasteiger partial charge in [0, 0.05) is 19.4 Å². The van der Waals surface area contributed by atoms with Crippen molar-refractivity contribution in [2.75, 3.05) is 26.4 Å². The van der Waals surface area contributed by atoms with Gasteiger partial charge in [-0.2, -0.15) is 0 Å². The van der Waals surface area contributed by atoms with Crippen LogP contribution in [0.1, 0.15) is 194 Å². The summed E-state index contributed by atoms with van der Waals surface area (Å²) in [6.45, 7) is 3.72. The molecule has 49 heavy (non-hydrogen) atoms. The Morgan fingerprint density at radius 2 is 1.00 bits per heavy atom. The van der Waals surface area contributed by atoms with Crippen LogP contribution in [-0.2, 0) is 32.7 Å². The summed E-state index contributed by atoms with van der Waals surface area (Å²) < 4.78 is 32.7. The largest absolute Gasteiger partial charge is 0.472 e. The van der Waals surface area contributed by atoms with Gasteiger partial charge in [-0.05, 0) is 38.5 Å². The first-order chi connectivity index (χ1) is 23.8. The number of phosphoric acid groups is 1. The van der Waals surface area contributed by atoms with Crippen LogP contribution in [0.25, 0.3) is 0 Å². The van der Waals surface area contributed by atoms with Gasteiger partial charge in [-0.15, -0.1) is 0 Å². The number of unbranched alkanes of at least 4 members (excludes halogenated alkanes) is 23. The van der Waals surface area contributed by atoms with Crippen LogP contribution >= 0.6 is 7.82 Å². The maximum Gasteiger partial charge on any atom is 0.472 e. The molecular weight excluding hydrogens is 641 g/mol. The van der Waals surface area contributed by atoms with Crippen molar-refractivity contribution < 1.29 is 37.6 Å². The van der Waals surface area contributed by atoms with Gasteiger partial charge in [0.05, 0.1) is 13.2 Å². The third-order valence-corrected chi connectivity index (χ3v) is 9.64. The Labute approximate surface area is 300 Å². The highest BCUT2D eigenvalue weighted by Crippen LogP contribution is 2.43. The molecule has 10 heteroatoms. The molecule has 3 N–H and O–H groups in total. The van der Waals surface area contributed by atoms with Crippen LogP contribution in [0.2, 0.25) is 0 Å². The molecule has 9 nitrogen and oxygen atoms in total. The second kappa shape index (κ2) is 36.5. The molecule has 0 fully saturated rings. The first-order valence-corrected chi connectivity index (χ1v) is 21.7. The standard InChI is InChI=1S/C39H76NO8P/c1-3-5-7-9-11-13-15-17-18-20-21-23-25-27-29-31-38(41)45-35-37(36-47-49(43,44)46-34-33-40)48-39(42)32-30-28-26-24-22-19-16-14-12-10-8-6-4-2/h14,16,37H,3-13,15,17-36,40H2,1-2H3,(H,43,44)/b16-14-. The fourth-order valence-electron chi connectivity index (χ4n) is 5.63. The van der Waals surface area contributed by atoms with Crippen molar-refractivity contribution in [1.29, 1.82) is 0 Å². The Morgan fingerprint density at radius 1 is 0.592 bits per heavy atom. The van der Waals surface area contributed by atoms with Gasteiger partial charge < -0.3 is 20.1 Å². The van der Waals surface area contributed by atoms with E-state index in [1.54, 1.807) is 0 Å². The molecule has 0 saturated heterocycles. The van der Waals surface area contributed by atoms with Gasteiger partial charge in [0.15, 0.2) is 6.10 Å². The van der Waals surface area contributed by atoms with Crippen molar-refractivity contribution in [3.8, 4) is 0 Å². The maximum absolute atomic E-state index is 12.5. The molecule has 0 aromatic carbocycles.